The fourth-order valence-electron chi connectivity index (χ4n) is 3.14. The van der Waals surface area contributed by atoms with Gasteiger partial charge in [0.1, 0.15) is 6.54 Å². The molecular formula is C13H22N2O5S. The number of hydrogen-bond donors (Lipinski definition) is 2. The first-order chi connectivity index (χ1) is 9.71. The van der Waals surface area contributed by atoms with Crippen molar-refractivity contribution in [2.75, 3.05) is 18.1 Å². The van der Waals surface area contributed by atoms with Crippen molar-refractivity contribution < 1.29 is 23.1 Å². The number of carboxylic acids is 1. The Kier molecular flexibility index (Phi) is 4.46. The average Bonchev–Trinajstić information content (AvgIpc) is 2.92. The minimum atomic E-state index is -3.17. The van der Waals surface area contributed by atoms with Gasteiger partial charge in [0.05, 0.1) is 11.5 Å². The molecular weight excluding hydrogens is 296 g/mol. The molecule has 1 heterocycles. The van der Waals surface area contributed by atoms with Gasteiger partial charge in [0.15, 0.2) is 9.84 Å². The molecule has 21 heavy (non-hydrogen) atoms. The molecule has 0 aromatic carbocycles. The lowest BCUT2D eigenvalue weighted by atomic mass is 10.0. The predicted molar refractivity (Wildman–Crippen MR) is 76.8 cm³/mol. The topological polar surface area (TPSA) is 104 Å². The number of rotatable bonds is 4. The van der Waals surface area contributed by atoms with Gasteiger partial charge in [0.2, 0.25) is 0 Å². The summed E-state index contributed by atoms with van der Waals surface area (Å²) in [5.74, 6) is -1.27. The van der Waals surface area contributed by atoms with Crippen LogP contribution in [0.15, 0.2) is 0 Å². The third-order valence-electron chi connectivity index (χ3n) is 4.33. The molecule has 1 aliphatic heterocycles. The van der Waals surface area contributed by atoms with Gasteiger partial charge >= 0.3 is 12.0 Å². The fraction of sp³-hybridized carbons (Fsp3) is 0.846. The Bertz CT molecular complexity index is 525. The molecule has 1 saturated carbocycles. The molecule has 0 aromatic heterocycles. The fourth-order valence-corrected chi connectivity index (χ4v) is 4.87. The number of urea groups is 1. The number of carbonyl (C=O) groups excluding carboxylic acids is 1. The molecule has 7 nitrogen and oxygen atoms in total. The van der Waals surface area contributed by atoms with Crippen LogP contribution in [0.4, 0.5) is 4.79 Å². The lowest BCUT2D eigenvalue weighted by Crippen LogP contribution is -2.54. The number of nitrogens with zero attached hydrogens (tertiary/aromatic N) is 1. The number of aliphatic carboxylic acids is 1. The van der Waals surface area contributed by atoms with Crippen LogP contribution in [0.1, 0.15) is 39.0 Å². The van der Waals surface area contributed by atoms with Crippen molar-refractivity contribution in [1.29, 1.82) is 0 Å². The van der Waals surface area contributed by atoms with Crippen LogP contribution in [0, 0.1) is 0 Å². The van der Waals surface area contributed by atoms with Crippen LogP contribution >= 0.6 is 0 Å². The number of sulfone groups is 1. The first-order valence-electron chi connectivity index (χ1n) is 7.22. The number of nitrogens with one attached hydrogen (secondary N) is 1. The summed E-state index contributed by atoms with van der Waals surface area (Å²) in [6, 6.07) is -1.01. The summed E-state index contributed by atoms with van der Waals surface area (Å²) in [4.78, 5) is 24.5. The summed E-state index contributed by atoms with van der Waals surface area (Å²) in [7, 11) is -3.17. The molecule has 2 aliphatic rings. The molecule has 1 atom stereocenters. The minimum Gasteiger partial charge on any atom is -0.480 e. The SMILES string of the molecule is CC1(NC(=O)N(CC(=O)O)C2CCS(=O)(=O)C2)CCCC1. The summed E-state index contributed by atoms with van der Waals surface area (Å²) < 4.78 is 23.1. The molecule has 2 N–H and O–H groups in total. The van der Waals surface area contributed by atoms with Gasteiger partial charge < -0.3 is 15.3 Å². The van der Waals surface area contributed by atoms with Crippen molar-refractivity contribution in [3.05, 3.63) is 0 Å². The summed E-state index contributed by atoms with van der Waals surface area (Å²) in [5.41, 5.74) is -0.314. The minimum absolute atomic E-state index is 0.0122. The number of carboxylic acid groups (broad SMARTS) is 1. The van der Waals surface area contributed by atoms with Gasteiger partial charge in [-0.3, -0.25) is 4.79 Å². The zero-order chi connectivity index (χ0) is 15.7. The highest BCUT2D eigenvalue weighted by Crippen LogP contribution is 2.29. The van der Waals surface area contributed by atoms with Gasteiger partial charge in [0, 0.05) is 11.6 Å². The molecule has 1 saturated heterocycles. The molecule has 1 aliphatic carbocycles. The average molecular weight is 318 g/mol. The maximum Gasteiger partial charge on any atom is 0.323 e. The van der Waals surface area contributed by atoms with Crippen LogP contribution in [0.5, 0.6) is 0 Å². The monoisotopic (exact) mass is 318 g/mol. The molecule has 120 valence electrons. The van der Waals surface area contributed by atoms with Crippen LogP contribution < -0.4 is 5.32 Å². The van der Waals surface area contributed by atoms with E-state index >= 15 is 0 Å². The van der Waals surface area contributed by atoms with E-state index in [0.29, 0.717) is 6.42 Å². The van der Waals surface area contributed by atoms with Crippen molar-refractivity contribution in [3.63, 3.8) is 0 Å². The highest BCUT2D eigenvalue weighted by molar-refractivity contribution is 7.91. The Morgan fingerprint density at radius 2 is 1.95 bits per heavy atom. The Morgan fingerprint density at radius 3 is 2.43 bits per heavy atom. The summed E-state index contributed by atoms with van der Waals surface area (Å²) in [6.45, 7) is 1.48. The van der Waals surface area contributed by atoms with Crippen molar-refractivity contribution in [1.82, 2.24) is 10.2 Å². The smallest absolute Gasteiger partial charge is 0.323 e. The molecule has 2 amide bonds. The highest BCUT2D eigenvalue weighted by atomic mass is 32.2. The zero-order valence-electron chi connectivity index (χ0n) is 12.2. The van der Waals surface area contributed by atoms with Gasteiger partial charge in [-0.05, 0) is 26.2 Å². The van der Waals surface area contributed by atoms with Crippen LogP contribution in [0.2, 0.25) is 0 Å². The third-order valence-corrected chi connectivity index (χ3v) is 6.08. The largest absolute Gasteiger partial charge is 0.480 e. The normalized spacial score (nSPS) is 26.4. The van der Waals surface area contributed by atoms with Crippen LogP contribution in [0.25, 0.3) is 0 Å². The van der Waals surface area contributed by atoms with Crippen molar-refractivity contribution in [3.8, 4) is 0 Å². The summed E-state index contributed by atoms with van der Waals surface area (Å²) in [5, 5.41) is 11.9. The second kappa shape index (κ2) is 5.82. The van der Waals surface area contributed by atoms with Gasteiger partial charge in [-0.2, -0.15) is 0 Å². The van der Waals surface area contributed by atoms with Crippen molar-refractivity contribution >= 4 is 21.8 Å². The van der Waals surface area contributed by atoms with Gasteiger partial charge in [-0.25, -0.2) is 13.2 Å². The van der Waals surface area contributed by atoms with Gasteiger partial charge in [-0.15, -0.1) is 0 Å². The molecule has 0 aromatic rings. The Morgan fingerprint density at radius 1 is 1.33 bits per heavy atom. The van der Waals surface area contributed by atoms with E-state index in [4.69, 9.17) is 5.11 Å². The molecule has 0 bridgehead atoms. The quantitative estimate of drug-likeness (QED) is 0.790. The Balaban J connectivity index is 2.08. The first kappa shape index (κ1) is 16.1. The third kappa shape index (κ3) is 4.09. The maximum absolute atomic E-state index is 12.4. The summed E-state index contributed by atoms with van der Waals surface area (Å²) in [6.07, 6.45) is 4.10. The second-order valence-corrected chi connectivity index (χ2v) is 8.51. The zero-order valence-corrected chi connectivity index (χ0v) is 13.0. The van der Waals surface area contributed by atoms with Gasteiger partial charge in [0.25, 0.3) is 0 Å². The number of hydrogen-bond acceptors (Lipinski definition) is 4. The lowest BCUT2D eigenvalue weighted by molar-refractivity contribution is -0.138. The molecule has 2 fully saturated rings. The predicted octanol–water partition coefficient (Wildman–Crippen LogP) is 0.602. The first-order valence-corrected chi connectivity index (χ1v) is 9.04. The van der Waals surface area contributed by atoms with E-state index in [1.54, 1.807) is 0 Å². The number of amides is 2. The van der Waals surface area contributed by atoms with E-state index in [2.05, 4.69) is 5.32 Å². The lowest BCUT2D eigenvalue weighted by Gasteiger charge is -2.32. The molecule has 2 rings (SSSR count). The highest BCUT2D eigenvalue weighted by Gasteiger charge is 2.38. The molecule has 8 heteroatoms. The van der Waals surface area contributed by atoms with E-state index < -0.39 is 34.4 Å². The number of carbonyl (C=O) groups is 2. The molecule has 1 unspecified atom stereocenters. The van der Waals surface area contributed by atoms with Crippen molar-refractivity contribution in [2.24, 2.45) is 0 Å². The van der Waals surface area contributed by atoms with E-state index in [9.17, 15) is 18.0 Å². The summed E-state index contributed by atoms with van der Waals surface area (Å²) >= 11 is 0. The van der Waals surface area contributed by atoms with Crippen LogP contribution in [-0.4, -0.2) is 60.1 Å². The van der Waals surface area contributed by atoms with E-state index in [-0.39, 0.29) is 17.0 Å². The second-order valence-electron chi connectivity index (χ2n) is 6.28. The standard InChI is InChI=1S/C13H22N2O5S/c1-13(5-2-3-6-13)14-12(18)15(8-11(16)17)10-4-7-21(19,20)9-10/h10H,2-9H2,1H3,(H,14,18)(H,16,17). The van der Waals surface area contributed by atoms with Crippen LogP contribution in [-0.2, 0) is 14.6 Å². The Hall–Kier alpha value is -1.31. The Labute approximate surface area is 124 Å². The van der Waals surface area contributed by atoms with E-state index in [0.717, 1.165) is 30.6 Å². The van der Waals surface area contributed by atoms with E-state index in [1.807, 2.05) is 6.92 Å². The van der Waals surface area contributed by atoms with E-state index in [1.165, 1.54) is 0 Å². The molecule has 0 radical (unpaired) electrons. The van der Waals surface area contributed by atoms with Crippen LogP contribution in [0.3, 0.4) is 0 Å². The van der Waals surface area contributed by atoms with Gasteiger partial charge in [-0.1, -0.05) is 12.8 Å². The van der Waals surface area contributed by atoms with Crippen molar-refractivity contribution in [2.45, 2.75) is 50.6 Å². The molecule has 0 spiro atoms. The maximum atomic E-state index is 12.4.